The van der Waals surface area contributed by atoms with Gasteiger partial charge in [-0.3, -0.25) is 9.88 Å². The van der Waals surface area contributed by atoms with Gasteiger partial charge in [0.1, 0.15) is 10.6 Å². The van der Waals surface area contributed by atoms with Gasteiger partial charge < -0.3 is 9.64 Å². The maximum absolute atomic E-state index is 14.1. The molecule has 0 saturated carbocycles. The molecule has 6 nitrogen and oxygen atoms in total. The van der Waals surface area contributed by atoms with Gasteiger partial charge in [-0.15, -0.1) is 11.3 Å². The van der Waals surface area contributed by atoms with Crippen LogP contribution in [0, 0.1) is 5.82 Å². The normalized spacial score (nSPS) is 16.2. The number of rotatable bonds is 5. The topological polar surface area (TPSA) is 54.4 Å². The molecule has 0 N–H and O–H groups in total. The molecule has 0 spiro atoms. The summed E-state index contributed by atoms with van der Waals surface area (Å²) in [6.07, 6.45) is 7.08. The van der Waals surface area contributed by atoms with Gasteiger partial charge in [-0.2, -0.15) is 0 Å². The van der Waals surface area contributed by atoms with Crippen LogP contribution in [-0.2, 0) is 19.4 Å². The quantitative estimate of drug-likeness (QED) is 0.417. The minimum atomic E-state index is -0.309. The number of benzene rings is 1. The van der Waals surface area contributed by atoms with E-state index in [4.69, 9.17) is 14.7 Å². The highest BCUT2D eigenvalue weighted by Gasteiger charge is 2.27. The molecule has 34 heavy (non-hydrogen) atoms. The molecular formula is C26H26FN5OS. The number of pyridine rings is 1. The van der Waals surface area contributed by atoms with Crippen molar-refractivity contribution in [3.63, 3.8) is 0 Å². The number of fused-ring (bicyclic) bond motifs is 3. The predicted molar refractivity (Wildman–Crippen MR) is 133 cm³/mol. The Morgan fingerprint density at radius 3 is 2.74 bits per heavy atom. The summed E-state index contributed by atoms with van der Waals surface area (Å²) >= 11 is 1.83. The molecule has 3 aromatic heterocycles. The molecular weight excluding hydrogens is 449 g/mol. The van der Waals surface area contributed by atoms with Crippen molar-refractivity contribution in [1.29, 1.82) is 0 Å². The Morgan fingerprint density at radius 1 is 1.09 bits per heavy atom. The number of aromatic nitrogens is 3. The van der Waals surface area contributed by atoms with Gasteiger partial charge in [-0.05, 0) is 54.7 Å². The molecule has 1 fully saturated rings. The molecule has 0 atom stereocenters. The summed E-state index contributed by atoms with van der Waals surface area (Å²) in [5, 5.41) is 1.25. The molecule has 0 unspecified atom stereocenters. The van der Waals surface area contributed by atoms with E-state index >= 15 is 0 Å². The number of aryl methyl sites for hydroxylation is 2. The van der Waals surface area contributed by atoms with Crippen LogP contribution in [0.4, 0.5) is 10.2 Å². The van der Waals surface area contributed by atoms with E-state index in [1.165, 1.54) is 29.4 Å². The van der Waals surface area contributed by atoms with Crippen LogP contribution in [0.3, 0.4) is 0 Å². The fourth-order valence-corrected chi connectivity index (χ4v) is 6.27. The zero-order valence-corrected chi connectivity index (χ0v) is 19.9. The summed E-state index contributed by atoms with van der Waals surface area (Å²) in [7, 11) is 1.49. The largest absolute Gasteiger partial charge is 0.494 e. The third-order valence-corrected chi connectivity index (χ3v) is 7.95. The van der Waals surface area contributed by atoms with Crippen LogP contribution in [-0.4, -0.2) is 53.1 Å². The Morgan fingerprint density at radius 2 is 1.97 bits per heavy atom. The summed E-state index contributed by atoms with van der Waals surface area (Å²) in [6.45, 7) is 4.27. The van der Waals surface area contributed by atoms with Crippen molar-refractivity contribution in [3.05, 3.63) is 64.5 Å². The second-order valence-electron chi connectivity index (χ2n) is 8.88. The molecule has 6 rings (SSSR count). The molecule has 4 heterocycles. The lowest BCUT2D eigenvalue weighted by atomic mass is 10.1. The minimum Gasteiger partial charge on any atom is -0.494 e. The van der Waals surface area contributed by atoms with E-state index in [-0.39, 0.29) is 11.6 Å². The summed E-state index contributed by atoms with van der Waals surface area (Å²) in [6, 6.07) is 9.17. The zero-order chi connectivity index (χ0) is 23.1. The molecule has 1 aliphatic carbocycles. The summed E-state index contributed by atoms with van der Waals surface area (Å²) in [4.78, 5) is 21.6. The number of thiophene rings is 1. The molecule has 174 valence electrons. The smallest absolute Gasteiger partial charge is 0.165 e. The van der Waals surface area contributed by atoms with E-state index in [1.807, 2.05) is 35.7 Å². The Balaban J connectivity index is 1.27. The van der Waals surface area contributed by atoms with Crippen molar-refractivity contribution in [2.75, 3.05) is 38.2 Å². The minimum absolute atomic E-state index is 0.286. The maximum Gasteiger partial charge on any atom is 0.165 e. The van der Waals surface area contributed by atoms with E-state index < -0.39 is 0 Å². The molecule has 8 heteroatoms. The van der Waals surface area contributed by atoms with Crippen LogP contribution in [0.15, 0.2) is 42.7 Å². The van der Waals surface area contributed by atoms with Crippen molar-refractivity contribution < 1.29 is 9.13 Å². The second kappa shape index (κ2) is 8.92. The molecule has 0 bridgehead atoms. The van der Waals surface area contributed by atoms with Crippen molar-refractivity contribution in [3.8, 4) is 17.1 Å². The molecule has 1 saturated heterocycles. The highest BCUT2D eigenvalue weighted by Crippen LogP contribution is 2.41. The van der Waals surface area contributed by atoms with E-state index in [9.17, 15) is 4.39 Å². The van der Waals surface area contributed by atoms with E-state index in [0.717, 1.165) is 73.2 Å². The number of anilines is 1. The van der Waals surface area contributed by atoms with Crippen molar-refractivity contribution in [2.45, 2.75) is 25.8 Å². The molecule has 1 aliphatic heterocycles. The number of ether oxygens (including phenoxy) is 1. The molecule has 1 aromatic carbocycles. The van der Waals surface area contributed by atoms with E-state index in [0.29, 0.717) is 0 Å². The second-order valence-corrected chi connectivity index (χ2v) is 9.97. The summed E-state index contributed by atoms with van der Waals surface area (Å²) in [5.41, 5.74) is 3.36. The number of piperazine rings is 1. The molecule has 2 aliphatic rings. The number of nitrogens with zero attached hydrogens (tertiary/aromatic N) is 5. The van der Waals surface area contributed by atoms with Crippen LogP contribution in [0.25, 0.3) is 21.6 Å². The lowest BCUT2D eigenvalue weighted by Crippen LogP contribution is -2.46. The lowest BCUT2D eigenvalue weighted by Gasteiger charge is -2.36. The number of hydrogen-bond donors (Lipinski definition) is 0. The van der Waals surface area contributed by atoms with Crippen LogP contribution in [0.5, 0.6) is 5.75 Å². The third kappa shape index (κ3) is 3.91. The average Bonchev–Trinajstić information content (AvgIpc) is 3.46. The van der Waals surface area contributed by atoms with E-state index in [1.54, 1.807) is 18.3 Å². The van der Waals surface area contributed by atoms with E-state index in [2.05, 4.69) is 14.8 Å². The summed E-state index contributed by atoms with van der Waals surface area (Å²) in [5.74, 6) is 1.77. The first-order valence-electron chi connectivity index (χ1n) is 11.7. The zero-order valence-electron chi connectivity index (χ0n) is 19.1. The van der Waals surface area contributed by atoms with Gasteiger partial charge >= 0.3 is 0 Å². The van der Waals surface area contributed by atoms with Crippen LogP contribution < -0.4 is 9.64 Å². The van der Waals surface area contributed by atoms with Crippen molar-refractivity contribution >= 4 is 27.4 Å². The lowest BCUT2D eigenvalue weighted by molar-refractivity contribution is 0.249. The first kappa shape index (κ1) is 21.4. The van der Waals surface area contributed by atoms with Gasteiger partial charge in [0.05, 0.1) is 12.5 Å². The Labute approximate surface area is 202 Å². The fraction of sp³-hybridized carbons (Fsp3) is 0.346. The van der Waals surface area contributed by atoms with Gasteiger partial charge in [-0.1, -0.05) is 6.07 Å². The maximum atomic E-state index is 14.1. The van der Waals surface area contributed by atoms with Crippen molar-refractivity contribution in [1.82, 2.24) is 19.9 Å². The summed E-state index contributed by atoms with van der Waals surface area (Å²) < 4.78 is 19.2. The first-order valence-corrected chi connectivity index (χ1v) is 12.5. The SMILES string of the molecule is COc1ccc(CN2CCN(c3nc(-c4cccnc4)nc4sc5c(c34)CCC5)CC2)cc1F. The Kier molecular flexibility index (Phi) is 5.63. The van der Waals surface area contributed by atoms with Gasteiger partial charge in [0.2, 0.25) is 0 Å². The number of hydrogen-bond acceptors (Lipinski definition) is 7. The van der Waals surface area contributed by atoms with Gasteiger partial charge in [0.15, 0.2) is 17.4 Å². The van der Waals surface area contributed by atoms with Gasteiger partial charge in [0, 0.05) is 55.6 Å². The van der Waals surface area contributed by atoms with Crippen LogP contribution in [0.2, 0.25) is 0 Å². The number of halogens is 1. The van der Waals surface area contributed by atoms with Crippen molar-refractivity contribution in [2.24, 2.45) is 0 Å². The predicted octanol–water partition coefficient (Wildman–Crippen LogP) is 4.71. The van der Waals surface area contributed by atoms with Gasteiger partial charge in [-0.25, -0.2) is 14.4 Å². The molecule has 0 radical (unpaired) electrons. The highest BCUT2D eigenvalue weighted by molar-refractivity contribution is 7.19. The average molecular weight is 476 g/mol. The fourth-order valence-electron chi connectivity index (χ4n) is 5.01. The Bertz CT molecular complexity index is 1330. The monoisotopic (exact) mass is 475 g/mol. The van der Waals surface area contributed by atoms with Crippen LogP contribution >= 0.6 is 11.3 Å². The van der Waals surface area contributed by atoms with Crippen LogP contribution in [0.1, 0.15) is 22.4 Å². The highest BCUT2D eigenvalue weighted by atomic mass is 32.1. The standard InChI is InChI=1S/C26H26FN5OS/c1-33-21-8-7-17(14-20(21)27)16-31-10-12-32(13-11-31)25-23-19-5-2-6-22(19)34-26(23)30-24(29-25)18-4-3-9-28-15-18/h3-4,7-9,14-15H,2,5-6,10-13,16H2,1H3. The molecule has 0 amide bonds. The third-order valence-electron chi connectivity index (χ3n) is 6.76. The number of methoxy groups -OCH3 is 1. The van der Waals surface area contributed by atoms with Gasteiger partial charge in [0.25, 0.3) is 0 Å². The first-order chi connectivity index (χ1) is 16.7. The molecule has 4 aromatic rings. The Hall–Kier alpha value is -3.10.